The van der Waals surface area contributed by atoms with Gasteiger partial charge in [0.2, 0.25) is 0 Å². The van der Waals surface area contributed by atoms with Crippen LogP contribution >= 0.6 is 11.3 Å². The van der Waals surface area contributed by atoms with Crippen LogP contribution in [0, 0.1) is 24.2 Å². The zero-order chi connectivity index (χ0) is 24.1. The quantitative estimate of drug-likeness (QED) is 0.310. The number of anilines is 1. The molecule has 0 unspecified atom stereocenters. The lowest BCUT2D eigenvalue weighted by Crippen LogP contribution is -2.41. The van der Waals surface area contributed by atoms with Crippen molar-refractivity contribution >= 4 is 39.1 Å². The Kier molecular flexibility index (Phi) is 7.24. The second kappa shape index (κ2) is 10.5. The third kappa shape index (κ3) is 5.26. The summed E-state index contributed by atoms with van der Waals surface area (Å²) in [6.45, 7) is 5.06. The molecule has 0 spiro atoms. The second-order valence-corrected chi connectivity index (χ2v) is 9.23. The van der Waals surface area contributed by atoms with Crippen molar-refractivity contribution in [3.05, 3.63) is 59.8 Å². The molecule has 1 aliphatic heterocycles. The SMILES string of the molecule is CCOC(=O)C1CCN(C(=O)/C(C#N)=C\Nc2ccc(-c3nc4ccc(C)cc4s3)cc2)CC1. The van der Waals surface area contributed by atoms with Gasteiger partial charge in [0, 0.05) is 30.5 Å². The molecule has 3 aromatic rings. The molecule has 0 bridgehead atoms. The number of nitrogens with zero attached hydrogens (tertiary/aromatic N) is 3. The molecule has 174 valence electrons. The van der Waals surface area contributed by atoms with Gasteiger partial charge in [0.05, 0.1) is 22.7 Å². The van der Waals surface area contributed by atoms with Crippen LogP contribution in [0.2, 0.25) is 0 Å². The highest BCUT2D eigenvalue weighted by molar-refractivity contribution is 7.21. The van der Waals surface area contributed by atoms with Gasteiger partial charge in [0.25, 0.3) is 5.91 Å². The third-order valence-corrected chi connectivity index (χ3v) is 6.88. The first-order valence-corrected chi connectivity index (χ1v) is 12.1. The van der Waals surface area contributed by atoms with Gasteiger partial charge in [0.15, 0.2) is 0 Å². The van der Waals surface area contributed by atoms with Crippen LogP contribution in [0.15, 0.2) is 54.2 Å². The number of ether oxygens (including phenoxy) is 1. The predicted molar refractivity (Wildman–Crippen MR) is 133 cm³/mol. The van der Waals surface area contributed by atoms with Crippen LogP contribution in [-0.4, -0.2) is 41.5 Å². The zero-order valence-electron chi connectivity index (χ0n) is 19.2. The Balaban J connectivity index is 1.38. The minimum absolute atomic E-state index is 0.0280. The van der Waals surface area contributed by atoms with Crippen LogP contribution in [0.1, 0.15) is 25.3 Å². The van der Waals surface area contributed by atoms with Crippen LogP contribution in [0.4, 0.5) is 5.69 Å². The molecular weight excluding hydrogens is 448 g/mol. The highest BCUT2D eigenvalue weighted by atomic mass is 32.1. The number of fused-ring (bicyclic) bond motifs is 1. The minimum atomic E-state index is -0.335. The summed E-state index contributed by atoms with van der Waals surface area (Å²) in [5, 5.41) is 13.5. The lowest BCUT2D eigenvalue weighted by atomic mass is 9.96. The average molecular weight is 475 g/mol. The fourth-order valence-electron chi connectivity index (χ4n) is 3.91. The summed E-state index contributed by atoms with van der Waals surface area (Å²) in [6, 6.07) is 15.9. The van der Waals surface area contributed by atoms with E-state index in [-0.39, 0.29) is 23.4 Å². The van der Waals surface area contributed by atoms with Gasteiger partial charge in [-0.3, -0.25) is 9.59 Å². The van der Waals surface area contributed by atoms with Crippen molar-refractivity contribution in [3.63, 3.8) is 0 Å². The Morgan fingerprint density at radius 3 is 2.65 bits per heavy atom. The van der Waals surface area contributed by atoms with Crippen molar-refractivity contribution in [2.24, 2.45) is 5.92 Å². The summed E-state index contributed by atoms with van der Waals surface area (Å²) in [6.07, 6.45) is 2.53. The number of hydrogen-bond acceptors (Lipinski definition) is 7. The summed E-state index contributed by atoms with van der Waals surface area (Å²) in [5.74, 6) is -0.731. The van der Waals surface area contributed by atoms with Gasteiger partial charge in [-0.05, 0) is 68.7 Å². The molecule has 1 fully saturated rings. The van der Waals surface area contributed by atoms with E-state index in [0.717, 1.165) is 26.5 Å². The fourth-order valence-corrected chi connectivity index (χ4v) is 4.98. The van der Waals surface area contributed by atoms with Crippen LogP contribution in [0.5, 0.6) is 0 Å². The molecule has 1 aromatic heterocycles. The number of carbonyl (C=O) groups is 2. The molecule has 7 nitrogen and oxygen atoms in total. The molecule has 0 radical (unpaired) electrons. The summed E-state index contributed by atoms with van der Waals surface area (Å²) < 4.78 is 6.23. The lowest BCUT2D eigenvalue weighted by Gasteiger charge is -2.30. The maximum Gasteiger partial charge on any atom is 0.309 e. The minimum Gasteiger partial charge on any atom is -0.466 e. The summed E-state index contributed by atoms with van der Waals surface area (Å²) in [4.78, 5) is 31.0. The first-order chi connectivity index (χ1) is 16.5. The standard InChI is InChI=1S/C26H26N4O3S/c1-3-33-26(32)19-10-12-30(13-11-19)25(31)20(15-27)16-28-21-7-5-18(6-8-21)24-29-22-9-4-17(2)14-23(22)34-24/h4-9,14,16,19,28H,3,10-13H2,1-2H3/b20-16-. The van der Waals surface area contributed by atoms with E-state index in [1.807, 2.05) is 36.4 Å². The van der Waals surface area contributed by atoms with E-state index >= 15 is 0 Å². The van der Waals surface area contributed by atoms with Crippen LogP contribution < -0.4 is 5.32 Å². The monoisotopic (exact) mass is 474 g/mol. The lowest BCUT2D eigenvalue weighted by molar-refractivity contribution is -0.150. The molecule has 34 heavy (non-hydrogen) atoms. The number of esters is 1. The Bertz CT molecular complexity index is 1270. The summed E-state index contributed by atoms with van der Waals surface area (Å²) in [5.41, 5.74) is 4.00. The molecule has 1 N–H and O–H groups in total. The molecule has 1 saturated heterocycles. The Morgan fingerprint density at radius 2 is 1.97 bits per heavy atom. The van der Waals surface area contributed by atoms with Gasteiger partial charge >= 0.3 is 5.97 Å². The predicted octanol–water partition coefficient (Wildman–Crippen LogP) is 4.89. The number of thiazole rings is 1. The Morgan fingerprint density at radius 1 is 1.24 bits per heavy atom. The molecule has 1 amide bonds. The van der Waals surface area contributed by atoms with E-state index in [4.69, 9.17) is 9.72 Å². The maximum atomic E-state index is 12.8. The van der Waals surface area contributed by atoms with E-state index < -0.39 is 0 Å². The van der Waals surface area contributed by atoms with Crippen LogP contribution in [0.3, 0.4) is 0 Å². The number of nitriles is 1. The van der Waals surface area contributed by atoms with Crippen molar-refractivity contribution in [2.45, 2.75) is 26.7 Å². The van der Waals surface area contributed by atoms with Gasteiger partial charge in [0.1, 0.15) is 16.6 Å². The van der Waals surface area contributed by atoms with E-state index in [1.54, 1.807) is 23.2 Å². The summed E-state index contributed by atoms with van der Waals surface area (Å²) >= 11 is 1.65. The second-order valence-electron chi connectivity index (χ2n) is 8.20. The molecule has 8 heteroatoms. The van der Waals surface area contributed by atoms with E-state index in [2.05, 4.69) is 24.4 Å². The number of hydrogen-bond donors (Lipinski definition) is 1. The molecule has 0 atom stereocenters. The van der Waals surface area contributed by atoms with Gasteiger partial charge in [-0.1, -0.05) is 6.07 Å². The van der Waals surface area contributed by atoms with Gasteiger partial charge < -0.3 is 15.0 Å². The smallest absolute Gasteiger partial charge is 0.309 e. The van der Waals surface area contributed by atoms with Gasteiger partial charge in [-0.15, -0.1) is 11.3 Å². The van der Waals surface area contributed by atoms with Crippen LogP contribution in [-0.2, 0) is 14.3 Å². The number of likely N-dealkylation sites (tertiary alicyclic amines) is 1. The maximum absolute atomic E-state index is 12.8. The van der Waals surface area contributed by atoms with Crippen LogP contribution in [0.25, 0.3) is 20.8 Å². The first-order valence-electron chi connectivity index (χ1n) is 11.3. The van der Waals surface area contributed by atoms with Crippen molar-refractivity contribution in [1.29, 1.82) is 5.26 Å². The molecule has 4 rings (SSSR count). The van der Waals surface area contributed by atoms with Crippen molar-refractivity contribution < 1.29 is 14.3 Å². The normalized spacial score (nSPS) is 14.6. The first kappa shape index (κ1) is 23.5. The van der Waals surface area contributed by atoms with Crippen molar-refractivity contribution in [2.75, 3.05) is 25.0 Å². The number of carbonyl (C=O) groups excluding carboxylic acids is 2. The number of aromatic nitrogens is 1. The fraction of sp³-hybridized carbons (Fsp3) is 0.308. The largest absolute Gasteiger partial charge is 0.466 e. The van der Waals surface area contributed by atoms with Crippen molar-refractivity contribution in [3.8, 4) is 16.6 Å². The average Bonchev–Trinajstić information content (AvgIpc) is 3.28. The molecule has 2 heterocycles. The van der Waals surface area contributed by atoms with Crippen molar-refractivity contribution in [1.82, 2.24) is 9.88 Å². The molecular formula is C26H26N4O3S. The molecule has 2 aromatic carbocycles. The van der Waals surface area contributed by atoms with Gasteiger partial charge in [-0.25, -0.2) is 4.98 Å². The number of rotatable bonds is 6. The highest BCUT2D eigenvalue weighted by Crippen LogP contribution is 2.31. The molecule has 0 saturated carbocycles. The highest BCUT2D eigenvalue weighted by Gasteiger charge is 2.29. The topological polar surface area (TPSA) is 95.3 Å². The van der Waals surface area contributed by atoms with E-state index in [1.165, 1.54) is 11.8 Å². The Labute approximate surface area is 202 Å². The number of nitrogens with one attached hydrogen (secondary N) is 1. The number of piperidine rings is 1. The van der Waals surface area contributed by atoms with Gasteiger partial charge in [-0.2, -0.15) is 5.26 Å². The molecule has 0 aliphatic carbocycles. The summed E-state index contributed by atoms with van der Waals surface area (Å²) in [7, 11) is 0. The third-order valence-electron chi connectivity index (χ3n) is 5.81. The Hall–Kier alpha value is -3.70. The zero-order valence-corrected chi connectivity index (χ0v) is 20.0. The molecule has 1 aliphatic rings. The van der Waals surface area contributed by atoms with E-state index in [0.29, 0.717) is 32.5 Å². The number of benzene rings is 2. The number of aryl methyl sites for hydroxylation is 1. The number of amides is 1. The van der Waals surface area contributed by atoms with E-state index in [9.17, 15) is 14.9 Å².